The monoisotopic (exact) mass is 479 g/mol. The number of carbonyl (C=O) groups is 1. The van der Waals surface area contributed by atoms with Crippen molar-refractivity contribution in [2.75, 3.05) is 25.0 Å². The quantitative estimate of drug-likeness (QED) is 0.457. The molecule has 9 nitrogen and oxygen atoms in total. The Morgan fingerprint density at radius 3 is 2.53 bits per heavy atom. The summed E-state index contributed by atoms with van der Waals surface area (Å²) in [5.41, 5.74) is 4.00. The van der Waals surface area contributed by atoms with Crippen LogP contribution >= 0.6 is 11.6 Å². The molecule has 0 spiro atoms. The van der Waals surface area contributed by atoms with Gasteiger partial charge in [0.05, 0.1) is 12.2 Å². The number of benzene rings is 1. The van der Waals surface area contributed by atoms with Crippen LogP contribution in [0.15, 0.2) is 34.7 Å². The van der Waals surface area contributed by atoms with Crippen molar-refractivity contribution in [2.45, 2.75) is 39.5 Å². The van der Waals surface area contributed by atoms with Gasteiger partial charge in [0.2, 0.25) is 5.91 Å². The van der Waals surface area contributed by atoms with Crippen LogP contribution in [-0.4, -0.2) is 55.2 Å². The standard InChI is InChI=1S/C24H26ClN7O2/c1-14-10-15(2)27-24(26-14)32-21(11-16(3)30-32)29-22(33)13-31-8-6-17(7-9-31)23-28-19-12-18(25)4-5-20(19)34-23/h4-5,10-12,17H,6-9,13H2,1-3H3,(H,29,33). The number of rotatable bonds is 5. The zero-order valence-electron chi connectivity index (χ0n) is 19.4. The van der Waals surface area contributed by atoms with Crippen LogP contribution < -0.4 is 5.32 Å². The lowest BCUT2D eigenvalue weighted by molar-refractivity contribution is -0.117. The summed E-state index contributed by atoms with van der Waals surface area (Å²) in [6, 6.07) is 9.20. The van der Waals surface area contributed by atoms with E-state index in [0.29, 0.717) is 23.3 Å². The Balaban J connectivity index is 1.21. The lowest BCUT2D eigenvalue weighted by Gasteiger charge is -2.29. The minimum Gasteiger partial charge on any atom is -0.440 e. The van der Waals surface area contributed by atoms with Crippen LogP contribution in [-0.2, 0) is 4.79 Å². The molecule has 0 unspecified atom stereocenters. The first-order valence-corrected chi connectivity index (χ1v) is 11.7. The van der Waals surface area contributed by atoms with Crippen LogP contribution in [0.3, 0.4) is 0 Å². The summed E-state index contributed by atoms with van der Waals surface area (Å²) in [7, 11) is 0. The van der Waals surface area contributed by atoms with E-state index < -0.39 is 0 Å². The predicted molar refractivity (Wildman–Crippen MR) is 129 cm³/mol. The number of halogens is 1. The molecule has 3 aromatic heterocycles. The zero-order valence-corrected chi connectivity index (χ0v) is 20.1. The largest absolute Gasteiger partial charge is 0.440 e. The third kappa shape index (κ3) is 4.80. The Hall–Kier alpha value is -3.30. The minimum atomic E-state index is -0.0968. The van der Waals surface area contributed by atoms with Crippen molar-refractivity contribution >= 4 is 34.4 Å². The molecule has 1 N–H and O–H groups in total. The van der Waals surface area contributed by atoms with Crippen molar-refractivity contribution in [2.24, 2.45) is 0 Å². The van der Waals surface area contributed by atoms with E-state index in [1.54, 1.807) is 10.7 Å². The molecule has 0 atom stereocenters. The normalized spacial score (nSPS) is 15.2. The van der Waals surface area contributed by atoms with Gasteiger partial charge in [0.25, 0.3) is 5.95 Å². The molecule has 4 heterocycles. The molecule has 34 heavy (non-hydrogen) atoms. The summed E-state index contributed by atoms with van der Waals surface area (Å²) in [4.78, 5) is 28.5. The van der Waals surface area contributed by atoms with Crippen LogP contribution in [0.2, 0.25) is 5.02 Å². The molecule has 1 aliphatic rings. The number of aromatic nitrogens is 5. The lowest BCUT2D eigenvalue weighted by atomic mass is 9.97. The Bertz CT molecular complexity index is 1330. The Labute approximate surface area is 202 Å². The number of carbonyl (C=O) groups excluding carboxylic acids is 1. The molecule has 0 radical (unpaired) electrons. The first-order valence-electron chi connectivity index (χ1n) is 11.3. The third-order valence-electron chi connectivity index (χ3n) is 5.93. The van der Waals surface area contributed by atoms with Crippen LogP contribution in [0.5, 0.6) is 0 Å². The van der Waals surface area contributed by atoms with Crippen LogP contribution in [0.4, 0.5) is 5.82 Å². The van der Waals surface area contributed by atoms with Gasteiger partial charge in [-0.05, 0) is 71.0 Å². The highest BCUT2D eigenvalue weighted by Gasteiger charge is 2.26. The number of amides is 1. The highest BCUT2D eigenvalue weighted by atomic mass is 35.5. The van der Waals surface area contributed by atoms with Gasteiger partial charge < -0.3 is 9.73 Å². The Morgan fingerprint density at radius 1 is 1.06 bits per heavy atom. The number of aryl methyl sites for hydroxylation is 3. The van der Waals surface area contributed by atoms with Crippen LogP contribution in [0.25, 0.3) is 17.0 Å². The van der Waals surface area contributed by atoms with Gasteiger partial charge in [-0.15, -0.1) is 0 Å². The van der Waals surface area contributed by atoms with Gasteiger partial charge in [-0.1, -0.05) is 11.6 Å². The molecule has 176 valence electrons. The molecule has 1 aromatic carbocycles. The second-order valence-electron chi connectivity index (χ2n) is 8.80. The predicted octanol–water partition coefficient (Wildman–Crippen LogP) is 4.20. The molecule has 1 saturated heterocycles. The summed E-state index contributed by atoms with van der Waals surface area (Å²) in [5.74, 6) is 1.89. The van der Waals surface area contributed by atoms with Crippen molar-refractivity contribution in [3.05, 3.63) is 58.3 Å². The molecule has 5 rings (SSSR count). The third-order valence-corrected chi connectivity index (χ3v) is 6.16. The smallest absolute Gasteiger partial charge is 0.252 e. The van der Waals surface area contributed by atoms with Crippen molar-refractivity contribution in [1.29, 1.82) is 0 Å². The van der Waals surface area contributed by atoms with Crippen molar-refractivity contribution < 1.29 is 9.21 Å². The van der Waals surface area contributed by atoms with E-state index in [1.165, 1.54) is 0 Å². The summed E-state index contributed by atoms with van der Waals surface area (Å²) in [6.07, 6.45) is 1.75. The van der Waals surface area contributed by atoms with Gasteiger partial charge in [-0.2, -0.15) is 9.78 Å². The molecule has 0 bridgehead atoms. The number of piperidine rings is 1. The maximum absolute atomic E-state index is 12.8. The van der Waals surface area contributed by atoms with Gasteiger partial charge >= 0.3 is 0 Å². The van der Waals surface area contributed by atoms with E-state index in [-0.39, 0.29) is 11.8 Å². The van der Waals surface area contributed by atoms with E-state index in [4.69, 9.17) is 16.0 Å². The molecule has 0 aliphatic carbocycles. The molecule has 0 saturated carbocycles. The van der Waals surface area contributed by atoms with Crippen LogP contribution in [0, 0.1) is 20.8 Å². The van der Waals surface area contributed by atoms with Gasteiger partial charge in [0.1, 0.15) is 11.3 Å². The Kier molecular flexibility index (Phi) is 6.05. The summed E-state index contributed by atoms with van der Waals surface area (Å²) in [6.45, 7) is 7.57. The van der Waals surface area contributed by atoms with E-state index in [2.05, 4.69) is 30.3 Å². The average Bonchev–Trinajstić information content (AvgIpc) is 3.36. The first kappa shape index (κ1) is 22.5. The van der Waals surface area contributed by atoms with E-state index in [1.807, 2.05) is 45.0 Å². The maximum atomic E-state index is 12.8. The number of fused-ring (bicyclic) bond motifs is 1. The van der Waals surface area contributed by atoms with Gasteiger partial charge in [-0.25, -0.2) is 15.0 Å². The van der Waals surface area contributed by atoms with E-state index in [0.717, 1.165) is 60.0 Å². The number of likely N-dealkylation sites (tertiary alicyclic amines) is 1. The lowest BCUT2D eigenvalue weighted by Crippen LogP contribution is -2.39. The summed E-state index contributed by atoms with van der Waals surface area (Å²) in [5, 5.41) is 8.09. The van der Waals surface area contributed by atoms with Gasteiger partial charge in [0.15, 0.2) is 11.5 Å². The number of hydrogen-bond donors (Lipinski definition) is 1. The van der Waals surface area contributed by atoms with Gasteiger partial charge in [-0.3, -0.25) is 9.69 Å². The fourth-order valence-electron chi connectivity index (χ4n) is 4.36. The average molecular weight is 480 g/mol. The molecule has 10 heteroatoms. The molecule has 1 aliphatic heterocycles. The van der Waals surface area contributed by atoms with E-state index in [9.17, 15) is 4.79 Å². The number of nitrogens with one attached hydrogen (secondary N) is 1. The van der Waals surface area contributed by atoms with E-state index >= 15 is 0 Å². The SMILES string of the molecule is Cc1cc(C)nc(-n2nc(C)cc2NC(=O)CN2CCC(c3nc4cc(Cl)ccc4o3)CC2)n1. The molecule has 1 amide bonds. The second kappa shape index (κ2) is 9.15. The molecule has 4 aromatic rings. The van der Waals surface area contributed by atoms with Crippen molar-refractivity contribution in [3.63, 3.8) is 0 Å². The topological polar surface area (TPSA) is 102 Å². The Morgan fingerprint density at radius 2 is 1.79 bits per heavy atom. The molecular weight excluding hydrogens is 454 g/mol. The number of anilines is 1. The minimum absolute atomic E-state index is 0.0968. The first-order chi connectivity index (χ1) is 16.3. The maximum Gasteiger partial charge on any atom is 0.252 e. The van der Waals surface area contributed by atoms with Crippen LogP contribution in [0.1, 0.15) is 41.7 Å². The number of nitrogens with zero attached hydrogens (tertiary/aromatic N) is 6. The number of hydrogen-bond acceptors (Lipinski definition) is 7. The summed E-state index contributed by atoms with van der Waals surface area (Å²) >= 11 is 6.06. The molecular formula is C24H26ClN7O2. The van der Waals surface area contributed by atoms with Gasteiger partial charge in [0, 0.05) is 28.4 Å². The fraction of sp³-hybridized carbons (Fsp3) is 0.375. The molecule has 1 fully saturated rings. The van der Waals surface area contributed by atoms with Crippen molar-refractivity contribution in [1.82, 2.24) is 29.6 Å². The second-order valence-corrected chi connectivity index (χ2v) is 9.23. The zero-order chi connectivity index (χ0) is 23.8. The number of oxazole rings is 1. The van der Waals surface area contributed by atoms with Crippen molar-refractivity contribution in [3.8, 4) is 5.95 Å². The summed E-state index contributed by atoms with van der Waals surface area (Å²) < 4.78 is 7.53. The highest BCUT2D eigenvalue weighted by molar-refractivity contribution is 6.31. The highest BCUT2D eigenvalue weighted by Crippen LogP contribution is 2.30. The fourth-order valence-corrected chi connectivity index (χ4v) is 4.53.